The van der Waals surface area contributed by atoms with Crippen molar-refractivity contribution in [2.45, 2.75) is 50.9 Å². The predicted molar refractivity (Wildman–Crippen MR) is 129 cm³/mol. The fourth-order valence-electron chi connectivity index (χ4n) is 3.49. The molecule has 0 saturated carbocycles. The van der Waals surface area contributed by atoms with E-state index in [-0.39, 0.29) is 17.8 Å². The molecule has 0 bridgehead atoms. The van der Waals surface area contributed by atoms with Crippen molar-refractivity contribution in [2.75, 3.05) is 0 Å². The minimum atomic E-state index is -4.51. The summed E-state index contributed by atoms with van der Waals surface area (Å²) in [6.07, 6.45) is -0.0463. The van der Waals surface area contributed by atoms with E-state index in [1.807, 2.05) is 19.1 Å². The van der Waals surface area contributed by atoms with E-state index in [1.54, 1.807) is 24.4 Å². The molecule has 0 spiro atoms. The molecular weight excluding hydrogens is 502 g/mol. The van der Waals surface area contributed by atoms with E-state index in [4.69, 9.17) is 27.9 Å². The predicted octanol–water partition coefficient (Wildman–Crippen LogP) is 6.49. The zero-order valence-corrected chi connectivity index (χ0v) is 20.7. The van der Waals surface area contributed by atoms with Gasteiger partial charge in [-0.15, -0.1) is 0 Å². The largest absolute Gasteiger partial charge is 0.462 e. The molecule has 3 aromatic rings. The summed E-state index contributed by atoms with van der Waals surface area (Å²) in [4.78, 5) is 21.0. The first-order valence-electron chi connectivity index (χ1n) is 10.7. The standard InChI is InChI=1S/C25H24Cl2F3N3O2/c1-15(21(17-11-20(27)14-31-12-17)10-16-4-7-19(26)8-5-16)33-23(34)24(2,3)35-22-9-6-18(13-32-22)25(28,29)30/h4-9,11-15,21H,10H2,1-3H3,(H,33,34). The number of ether oxygens (including phenoxy) is 1. The number of hydrogen-bond donors (Lipinski definition) is 1. The molecule has 2 heterocycles. The fraction of sp³-hybridized carbons (Fsp3) is 0.320. The maximum atomic E-state index is 13.1. The van der Waals surface area contributed by atoms with Crippen LogP contribution in [-0.4, -0.2) is 27.5 Å². The number of carbonyl (C=O) groups is 1. The van der Waals surface area contributed by atoms with Gasteiger partial charge in [-0.3, -0.25) is 9.78 Å². The smallest absolute Gasteiger partial charge is 0.417 e. The third-order valence-electron chi connectivity index (χ3n) is 5.46. The number of benzene rings is 1. The Morgan fingerprint density at radius 3 is 2.29 bits per heavy atom. The van der Waals surface area contributed by atoms with Crippen molar-refractivity contribution in [3.8, 4) is 5.88 Å². The second-order valence-corrected chi connectivity index (χ2v) is 9.50. The lowest BCUT2D eigenvalue weighted by molar-refractivity contribution is -0.138. The van der Waals surface area contributed by atoms with Crippen LogP contribution in [0.3, 0.4) is 0 Å². The molecule has 1 amide bonds. The van der Waals surface area contributed by atoms with Crippen LogP contribution in [0.5, 0.6) is 5.88 Å². The Morgan fingerprint density at radius 1 is 1.03 bits per heavy atom. The Balaban J connectivity index is 1.76. The van der Waals surface area contributed by atoms with Crippen LogP contribution in [0.1, 0.15) is 43.4 Å². The lowest BCUT2D eigenvalue weighted by Gasteiger charge is -2.30. The molecule has 0 radical (unpaired) electrons. The summed E-state index contributed by atoms with van der Waals surface area (Å²) in [5, 5.41) is 4.05. The van der Waals surface area contributed by atoms with Gasteiger partial charge in [-0.2, -0.15) is 13.2 Å². The molecule has 1 N–H and O–H groups in total. The van der Waals surface area contributed by atoms with Gasteiger partial charge >= 0.3 is 6.18 Å². The molecular formula is C25H24Cl2F3N3O2. The van der Waals surface area contributed by atoms with Crippen molar-refractivity contribution >= 4 is 29.1 Å². The van der Waals surface area contributed by atoms with Gasteiger partial charge in [0.25, 0.3) is 5.91 Å². The Hall–Kier alpha value is -2.84. The van der Waals surface area contributed by atoms with Gasteiger partial charge in [0.15, 0.2) is 5.60 Å². The van der Waals surface area contributed by atoms with Crippen LogP contribution in [-0.2, 0) is 17.4 Å². The molecule has 1 aromatic carbocycles. The number of alkyl halides is 3. The van der Waals surface area contributed by atoms with Gasteiger partial charge in [0.1, 0.15) is 0 Å². The third-order valence-corrected chi connectivity index (χ3v) is 5.91. The normalized spacial score (nSPS) is 13.7. The average Bonchev–Trinajstić information content (AvgIpc) is 2.78. The highest BCUT2D eigenvalue weighted by atomic mass is 35.5. The number of nitrogens with one attached hydrogen (secondary N) is 1. The number of hydrogen-bond acceptors (Lipinski definition) is 4. The van der Waals surface area contributed by atoms with Crippen molar-refractivity contribution in [3.63, 3.8) is 0 Å². The second-order valence-electron chi connectivity index (χ2n) is 8.63. The summed E-state index contributed by atoms with van der Waals surface area (Å²) in [5.74, 6) is -0.739. The lowest BCUT2D eigenvalue weighted by Crippen LogP contribution is -2.51. The summed E-state index contributed by atoms with van der Waals surface area (Å²) in [7, 11) is 0. The molecule has 5 nitrogen and oxygen atoms in total. The van der Waals surface area contributed by atoms with Crippen LogP contribution in [0.25, 0.3) is 0 Å². The van der Waals surface area contributed by atoms with Gasteiger partial charge < -0.3 is 10.1 Å². The third kappa shape index (κ3) is 7.32. The molecule has 3 rings (SSSR count). The molecule has 0 fully saturated rings. The van der Waals surface area contributed by atoms with Crippen LogP contribution >= 0.6 is 23.2 Å². The van der Waals surface area contributed by atoms with Crippen LogP contribution in [0, 0.1) is 0 Å². The summed E-state index contributed by atoms with van der Waals surface area (Å²) < 4.78 is 44.0. The first kappa shape index (κ1) is 26.8. The second kappa shape index (κ2) is 10.8. The number of halogens is 5. The highest BCUT2D eigenvalue weighted by Crippen LogP contribution is 2.30. The molecule has 186 valence electrons. The lowest BCUT2D eigenvalue weighted by atomic mass is 9.87. The van der Waals surface area contributed by atoms with Crippen LogP contribution in [0.2, 0.25) is 10.0 Å². The molecule has 10 heteroatoms. The Labute approximate surface area is 211 Å². The summed E-state index contributed by atoms with van der Waals surface area (Å²) in [6.45, 7) is 4.89. The van der Waals surface area contributed by atoms with Crippen molar-refractivity contribution < 1.29 is 22.7 Å². The topological polar surface area (TPSA) is 64.1 Å². The summed E-state index contributed by atoms with van der Waals surface area (Å²) in [6, 6.07) is 10.8. The first-order chi connectivity index (χ1) is 16.3. The molecule has 35 heavy (non-hydrogen) atoms. The van der Waals surface area contributed by atoms with Crippen LogP contribution < -0.4 is 10.1 Å². The minimum Gasteiger partial charge on any atom is -0.462 e. The molecule has 2 aromatic heterocycles. The minimum absolute atomic E-state index is 0.0949. The van der Waals surface area contributed by atoms with Crippen LogP contribution in [0.15, 0.2) is 61.1 Å². The molecule has 0 aliphatic heterocycles. The number of nitrogens with zero attached hydrogens (tertiary/aromatic N) is 2. The number of rotatable bonds is 8. The van der Waals surface area contributed by atoms with E-state index in [2.05, 4.69) is 15.3 Å². The fourth-order valence-corrected chi connectivity index (χ4v) is 3.79. The van der Waals surface area contributed by atoms with E-state index in [0.717, 1.165) is 23.3 Å². The Bertz CT molecular complexity index is 1150. The van der Waals surface area contributed by atoms with Gasteiger partial charge in [-0.05, 0) is 62.6 Å². The molecule has 0 aliphatic rings. The summed E-state index contributed by atoms with van der Waals surface area (Å²) >= 11 is 12.2. The molecule has 2 unspecified atom stereocenters. The number of amides is 1. The quantitative estimate of drug-likeness (QED) is 0.365. The van der Waals surface area contributed by atoms with Crippen LogP contribution in [0.4, 0.5) is 13.2 Å². The average molecular weight is 526 g/mol. The maximum absolute atomic E-state index is 13.1. The zero-order valence-electron chi connectivity index (χ0n) is 19.2. The van der Waals surface area contributed by atoms with E-state index in [0.29, 0.717) is 22.7 Å². The SMILES string of the molecule is CC(NC(=O)C(C)(C)Oc1ccc(C(F)(F)F)cn1)C(Cc1ccc(Cl)cc1)c1cncc(Cl)c1. The van der Waals surface area contributed by atoms with Gasteiger partial charge in [-0.25, -0.2) is 4.98 Å². The highest BCUT2D eigenvalue weighted by Gasteiger charge is 2.34. The first-order valence-corrected chi connectivity index (χ1v) is 11.5. The van der Waals surface area contributed by atoms with E-state index in [1.165, 1.54) is 20.0 Å². The Kier molecular flexibility index (Phi) is 8.28. The van der Waals surface area contributed by atoms with Crippen molar-refractivity contribution in [1.82, 2.24) is 15.3 Å². The maximum Gasteiger partial charge on any atom is 0.417 e. The summed E-state index contributed by atoms with van der Waals surface area (Å²) in [5.41, 5.74) is -0.465. The van der Waals surface area contributed by atoms with Gasteiger partial charge in [-0.1, -0.05) is 35.3 Å². The number of aromatic nitrogens is 2. The monoisotopic (exact) mass is 525 g/mol. The van der Waals surface area contributed by atoms with Gasteiger partial charge in [0.05, 0.1) is 10.6 Å². The van der Waals surface area contributed by atoms with E-state index < -0.39 is 23.2 Å². The van der Waals surface area contributed by atoms with Gasteiger partial charge in [0, 0.05) is 41.6 Å². The zero-order chi connectivity index (χ0) is 25.8. The number of pyridine rings is 2. The van der Waals surface area contributed by atoms with E-state index in [9.17, 15) is 18.0 Å². The molecule has 0 aliphatic carbocycles. The van der Waals surface area contributed by atoms with E-state index >= 15 is 0 Å². The van der Waals surface area contributed by atoms with Crippen molar-refractivity contribution in [2.24, 2.45) is 0 Å². The van der Waals surface area contributed by atoms with Gasteiger partial charge in [0.2, 0.25) is 5.88 Å². The van der Waals surface area contributed by atoms with Crippen molar-refractivity contribution in [3.05, 3.63) is 87.8 Å². The molecule has 0 saturated heterocycles. The highest BCUT2D eigenvalue weighted by molar-refractivity contribution is 6.30. The van der Waals surface area contributed by atoms with Crippen molar-refractivity contribution in [1.29, 1.82) is 0 Å². The number of carbonyl (C=O) groups excluding carboxylic acids is 1. The Morgan fingerprint density at radius 2 is 1.71 bits per heavy atom. The molecule has 2 atom stereocenters.